The zero-order chi connectivity index (χ0) is 14.1. The molecule has 0 aliphatic heterocycles. The van der Waals surface area contributed by atoms with Crippen molar-refractivity contribution in [2.45, 2.75) is 52.6 Å². The van der Waals surface area contributed by atoms with E-state index in [9.17, 15) is 0 Å². The van der Waals surface area contributed by atoms with Gasteiger partial charge in [0.05, 0.1) is 18.8 Å². The Balaban J connectivity index is 1.89. The normalized spacial score (nSPS) is 36.3. The molecule has 2 nitrogen and oxygen atoms in total. The molecule has 2 fully saturated rings. The fraction of sp³-hybridized carbons (Fsp3) is 1.00. The molecule has 0 N–H and O–H groups in total. The van der Waals surface area contributed by atoms with Gasteiger partial charge in [0.15, 0.2) is 0 Å². The fourth-order valence-corrected chi connectivity index (χ4v) is 5.50. The van der Waals surface area contributed by atoms with E-state index in [2.05, 4.69) is 43.6 Å². The Morgan fingerprint density at radius 3 is 2.37 bits per heavy atom. The van der Waals surface area contributed by atoms with E-state index in [1.54, 1.807) is 0 Å². The Morgan fingerprint density at radius 2 is 1.84 bits per heavy atom. The van der Waals surface area contributed by atoms with Crippen LogP contribution in [0.5, 0.6) is 0 Å². The van der Waals surface area contributed by atoms with E-state index >= 15 is 0 Å². The zero-order valence-corrected chi connectivity index (χ0v) is 14.5. The summed E-state index contributed by atoms with van der Waals surface area (Å²) in [4.78, 5) is 0. The monoisotopic (exact) mass is 332 g/mol. The van der Waals surface area contributed by atoms with Crippen LogP contribution in [0, 0.1) is 23.2 Å². The molecule has 3 heteroatoms. The van der Waals surface area contributed by atoms with E-state index < -0.39 is 0 Å². The van der Waals surface area contributed by atoms with Crippen LogP contribution in [0.3, 0.4) is 0 Å². The van der Waals surface area contributed by atoms with Crippen LogP contribution in [0.1, 0.15) is 47.0 Å². The molecule has 0 heterocycles. The lowest BCUT2D eigenvalue weighted by Crippen LogP contribution is -2.53. The van der Waals surface area contributed by atoms with Crippen molar-refractivity contribution in [2.24, 2.45) is 23.2 Å². The third-order valence-corrected chi connectivity index (χ3v) is 6.27. The fourth-order valence-electron chi connectivity index (χ4n) is 4.16. The number of alkyl halides is 1. The van der Waals surface area contributed by atoms with Crippen molar-refractivity contribution in [3.05, 3.63) is 0 Å². The maximum absolute atomic E-state index is 6.40. The highest BCUT2D eigenvalue weighted by Crippen LogP contribution is 2.63. The number of hydrogen-bond acceptors (Lipinski definition) is 2. The first-order chi connectivity index (χ1) is 8.94. The molecule has 3 atom stereocenters. The number of ether oxygens (including phenoxy) is 2. The Labute approximate surface area is 126 Å². The molecule has 0 aromatic heterocycles. The van der Waals surface area contributed by atoms with Crippen molar-refractivity contribution in [1.29, 1.82) is 0 Å². The van der Waals surface area contributed by atoms with Crippen molar-refractivity contribution in [3.8, 4) is 0 Å². The highest BCUT2D eigenvalue weighted by molar-refractivity contribution is 9.09. The summed E-state index contributed by atoms with van der Waals surface area (Å²) < 4.78 is 12.1. The molecule has 0 aromatic carbocycles. The first kappa shape index (κ1) is 15.8. The Bertz CT molecular complexity index is 303. The largest absolute Gasteiger partial charge is 0.379 e. The van der Waals surface area contributed by atoms with E-state index in [1.165, 1.54) is 19.3 Å². The molecule has 0 amide bonds. The van der Waals surface area contributed by atoms with Gasteiger partial charge in [-0.1, -0.05) is 43.6 Å². The van der Waals surface area contributed by atoms with Gasteiger partial charge in [0.1, 0.15) is 0 Å². The van der Waals surface area contributed by atoms with Gasteiger partial charge in [-0.25, -0.2) is 0 Å². The second-order valence-corrected chi connectivity index (χ2v) is 7.83. The molecule has 112 valence electrons. The lowest BCUT2D eigenvalue weighted by Gasteiger charge is -2.48. The molecule has 0 radical (unpaired) electrons. The number of halogens is 1. The Morgan fingerprint density at radius 1 is 1.16 bits per heavy atom. The lowest BCUT2D eigenvalue weighted by molar-refractivity contribution is -0.147. The predicted molar refractivity (Wildman–Crippen MR) is 82.7 cm³/mol. The highest BCUT2D eigenvalue weighted by atomic mass is 79.9. The maximum Gasteiger partial charge on any atom is 0.0861 e. The summed E-state index contributed by atoms with van der Waals surface area (Å²) in [6, 6.07) is 0. The first-order valence-electron chi connectivity index (χ1n) is 7.71. The third-order valence-electron chi connectivity index (χ3n) is 5.44. The van der Waals surface area contributed by atoms with Gasteiger partial charge in [0, 0.05) is 11.9 Å². The average Bonchev–Trinajstić information content (AvgIpc) is 2.89. The Hall–Kier alpha value is 0.400. The minimum atomic E-state index is 0.0249. The van der Waals surface area contributed by atoms with E-state index in [0.29, 0.717) is 5.92 Å². The van der Waals surface area contributed by atoms with Crippen molar-refractivity contribution in [1.82, 2.24) is 0 Å². The van der Waals surface area contributed by atoms with Crippen LogP contribution < -0.4 is 0 Å². The van der Waals surface area contributed by atoms with Crippen molar-refractivity contribution >= 4 is 15.9 Å². The zero-order valence-electron chi connectivity index (χ0n) is 12.9. The second kappa shape index (κ2) is 6.03. The molecule has 0 aromatic rings. The minimum absolute atomic E-state index is 0.0249. The van der Waals surface area contributed by atoms with Gasteiger partial charge < -0.3 is 9.47 Å². The summed E-state index contributed by atoms with van der Waals surface area (Å²) in [6.45, 7) is 11.4. The third kappa shape index (κ3) is 2.75. The predicted octanol–water partition coefficient (Wildman–Crippen LogP) is 4.27. The molecular formula is C16H29BrO2. The van der Waals surface area contributed by atoms with Crippen LogP contribution in [0.2, 0.25) is 0 Å². The minimum Gasteiger partial charge on any atom is -0.379 e. The summed E-state index contributed by atoms with van der Waals surface area (Å²) in [5.41, 5.74) is 0.314. The summed E-state index contributed by atoms with van der Waals surface area (Å²) in [5, 5.41) is 0.957. The smallest absolute Gasteiger partial charge is 0.0861 e. The quantitative estimate of drug-likeness (QED) is 0.512. The van der Waals surface area contributed by atoms with Crippen LogP contribution in [-0.2, 0) is 9.47 Å². The molecule has 2 saturated carbocycles. The lowest BCUT2D eigenvalue weighted by atomic mass is 9.66. The van der Waals surface area contributed by atoms with E-state index in [1.807, 2.05) is 0 Å². The number of rotatable bonds is 7. The summed E-state index contributed by atoms with van der Waals surface area (Å²) in [7, 11) is 0. The molecule has 0 spiro atoms. The molecule has 3 unspecified atom stereocenters. The maximum atomic E-state index is 6.40. The van der Waals surface area contributed by atoms with Crippen LogP contribution in [0.25, 0.3) is 0 Å². The van der Waals surface area contributed by atoms with Crippen molar-refractivity contribution in [3.63, 3.8) is 0 Å². The van der Waals surface area contributed by atoms with Gasteiger partial charge in [0.2, 0.25) is 0 Å². The molecule has 0 saturated heterocycles. The van der Waals surface area contributed by atoms with Crippen LogP contribution >= 0.6 is 15.9 Å². The van der Waals surface area contributed by atoms with Crippen molar-refractivity contribution < 1.29 is 9.47 Å². The number of fused-ring (bicyclic) bond motifs is 2. The van der Waals surface area contributed by atoms with Crippen molar-refractivity contribution in [2.75, 3.05) is 25.2 Å². The molecular weight excluding hydrogens is 304 g/mol. The van der Waals surface area contributed by atoms with Gasteiger partial charge in [-0.3, -0.25) is 0 Å². The van der Waals surface area contributed by atoms with Crippen LogP contribution in [0.15, 0.2) is 0 Å². The van der Waals surface area contributed by atoms with Gasteiger partial charge in [0.25, 0.3) is 0 Å². The van der Waals surface area contributed by atoms with Gasteiger partial charge in [-0.15, -0.1) is 0 Å². The highest BCUT2D eigenvalue weighted by Gasteiger charge is 2.63. The van der Waals surface area contributed by atoms with Gasteiger partial charge >= 0.3 is 0 Å². The molecule has 2 rings (SSSR count). The topological polar surface area (TPSA) is 18.5 Å². The summed E-state index contributed by atoms with van der Waals surface area (Å²) in [5.74, 6) is 2.17. The van der Waals surface area contributed by atoms with Gasteiger partial charge in [-0.05, 0) is 42.4 Å². The molecule has 2 bridgehead atoms. The summed E-state index contributed by atoms with van der Waals surface area (Å²) >= 11 is 3.74. The average molecular weight is 333 g/mol. The Kier molecular flexibility index (Phi) is 5.01. The molecule has 19 heavy (non-hydrogen) atoms. The van der Waals surface area contributed by atoms with Crippen LogP contribution in [0.4, 0.5) is 0 Å². The van der Waals surface area contributed by atoms with Gasteiger partial charge in [-0.2, -0.15) is 0 Å². The van der Waals surface area contributed by atoms with E-state index in [0.717, 1.165) is 37.0 Å². The van der Waals surface area contributed by atoms with Crippen LogP contribution in [-0.4, -0.2) is 30.8 Å². The standard InChI is InChI=1S/C16H29BrO2/c1-12(2)10-18-7-8-19-16(11-17)14-6-5-13(9-14)15(16,3)4/h12-14H,5-11H2,1-4H3. The summed E-state index contributed by atoms with van der Waals surface area (Å²) in [6.07, 6.45) is 4.08. The van der Waals surface area contributed by atoms with E-state index in [4.69, 9.17) is 9.47 Å². The van der Waals surface area contributed by atoms with E-state index in [-0.39, 0.29) is 11.0 Å². The second-order valence-electron chi connectivity index (χ2n) is 7.27. The molecule has 2 aliphatic carbocycles. The molecule has 2 aliphatic rings. The first-order valence-corrected chi connectivity index (χ1v) is 8.84. The SMILES string of the molecule is CC(C)COCCOC1(CBr)C2CCC(C2)C1(C)C. The number of hydrogen-bond donors (Lipinski definition) is 0.